The molecular formula is C28H29ClN2O4. The van der Waals surface area contributed by atoms with E-state index < -0.39 is 29.1 Å². The average Bonchev–Trinajstić information content (AvgIpc) is 3.27. The normalized spacial score (nSPS) is 18.4. The van der Waals surface area contributed by atoms with E-state index in [1.807, 2.05) is 60.7 Å². The first-order valence-corrected chi connectivity index (χ1v) is 12.0. The summed E-state index contributed by atoms with van der Waals surface area (Å²) in [6, 6.07) is 20.8. The number of rotatable bonds is 5. The summed E-state index contributed by atoms with van der Waals surface area (Å²) in [5.41, 5.74) is -0.823. The molecule has 3 aromatic rings. The number of pyridine rings is 1. The molecule has 1 saturated heterocycles. The van der Waals surface area contributed by atoms with Crippen molar-refractivity contribution in [2.24, 2.45) is 5.41 Å². The van der Waals surface area contributed by atoms with Gasteiger partial charge in [0.1, 0.15) is 17.4 Å². The Balaban J connectivity index is 1.80. The fourth-order valence-corrected chi connectivity index (χ4v) is 4.60. The zero-order valence-electron chi connectivity index (χ0n) is 20.0. The average molecular weight is 493 g/mol. The number of aromatic nitrogens is 1. The molecular weight excluding hydrogens is 464 g/mol. The molecule has 4 rings (SSSR count). The van der Waals surface area contributed by atoms with E-state index >= 15 is 0 Å². The van der Waals surface area contributed by atoms with E-state index in [9.17, 15) is 14.7 Å². The van der Waals surface area contributed by atoms with Gasteiger partial charge in [0.2, 0.25) is 0 Å². The van der Waals surface area contributed by atoms with Crippen LogP contribution in [0.15, 0.2) is 79.0 Å². The maximum absolute atomic E-state index is 13.7. The van der Waals surface area contributed by atoms with Crippen LogP contribution in [0.4, 0.5) is 0 Å². The minimum absolute atomic E-state index is 0.126. The predicted molar refractivity (Wildman–Crippen MR) is 134 cm³/mol. The lowest BCUT2D eigenvalue weighted by atomic mass is 9.78. The largest absolute Gasteiger partial charge is 0.460 e. The van der Waals surface area contributed by atoms with Gasteiger partial charge >= 0.3 is 5.97 Å². The van der Waals surface area contributed by atoms with Crippen LogP contribution < -0.4 is 0 Å². The van der Waals surface area contributed by atoms with Crippen molar-refractivity contribution in [1.29, 1.82) is 0 Å². The van der Waals surface area contributed by atoms with Crippen LogP contribution >= 0.6 is 11.6 Å². The molecule has 2 heterocycles. The summed E-state index contributed by atoms with van der Waals surface area (Å²) in [7, 11) is 0. The lowest BCUT2D eigenvalue weighted by Crippen LogP contribution is -2.50. The van der Waals surface area contributed by atoms with Crippen molar-refractivity contribution in [3.8, 4) is 0 Å². The second kappa shape index (κ2) is 9.80. The van der Waals surface area contributed by atoms with Crippen molar-refractivity contribution in [2.75, 3.05) is 6.54 Å². The molecule has 0 radical (unpaired) electrons. The number of esters is 1. The Morgan fingerprint density at radius 3 is 2.09 bits per heavy atom. The number of aliphatic hydroxyl groups is 1. The van der Waals surface area contributed by atoms with Gasteiger partial charge in [-0.2, -0.15) is 0 Å². The summed E-state index contributed by atoms with van der Waals surface area (Å²) < 4.78 is 5.82. The highest BCUT2D eigenvalue weighted by molar-refractivity contribution is 6.30. The molecule has 2 atom stereocenters. The molecule has 0 saturated carbocycles. The summed E-state index contributed by atoms with van der Waals surface area (Å²) in [6.07, 6.45) is 1.14. The third kappa shape index (κ3) is 5.09. The van der Waals surface area contributed by atoms with Gasteiger partial charge in [0.15, 0.2) is 0 Å². The minimum atomic E-state index is -1.56. The molecule has 1 aromatic heterocycles. The maximum Gasteiger partial charge on any atom is 0.311 e. The fourth-order valence-electron chi connectivity index (χ4n) is 4.44. The van der Waals surface area contributed by atoms with Crippen LogP contribution in [0.5, 0.6) is 0 Å². The number of carbonyl (C=O) groups is 2. The highest BCUT2D eigenvalue weighted by atomic mass is 35.5. The molecule has 0 aliphatic carbocycles. The number of amides is 1. The minimum Gasteiger partial charge on any atom is -0.460 e. The van der Waals surface area contributed by atoms with E-state index in [4.69, 9.17) is 16.3 Å². The van der Waals surface area contributed by atoms with Gasteiger partial charge < -0.3 is 14.7 Å². The topological polar surface area (TPSA) is 79.7 Å². The monoisotopic (exact) mass is 492 g/mol. The van der Waals surface area contributed by atoms with Gasteiger partial charge in [-0.25, -0.2) is 0 Å². The molecule has 2 aromatic carbocycles. The first-order chi connectivity index (χ1) is 16.6. The van der Waals surface area contributed by atoms with Gasteiger partial charge in [-0.3, -0.25) is 14.6 Å². The van der Waals surface area contributed by atoms with Gasteiger partial charge in [-0.15, -0.1) is 0 Å². The number of benzene rings is 2. The van der Waals surface area contributed by atoms with Crippen LogP contribution in [0, 0.1) is 5.41 Å². The first-order valence-electron chi connectivity index (χ1n) is 11.6. The molecule has 7 heteroatoms. The van der Waals surface area contributed by atoms with Crippen LogP contribution in [0.3, 0.4) is 0 Å². The summed E-state index contributed by atoms with van der Waals surface area (Å²) in [4.78, 5) is 32.2. The number of hydrogen-bond acceptors (Lipinski definition) is 5. The Labute approximate surface area is 210 Å². The van der Waals surface area contributed by atoms with Crippen LogP contribution in [0.25, 0.3) is 0 Å². The maximum atomic E-state index is 13.7. The first kappa shape index (κ1) is 24.9. The molecule has 1 N–H and O–H groups in total. The molecule has 182 valence electrons. The lowest BCUT2D eigenvalue weighted by molar-refractivity contribution is -0.158. The van der Waals surface area contributed by atoms with Crippen molar-refractivity contribution < 1.29 is 19.4 Å². The smallest absolute Gasteiger partial charge is 0.311 e. The predicted octanol–water partition coefficient (Wildman–Crippen LogP) is 4.84. The van der Waals surface area contributed by atoms with Gasteiger partial charge in [0.05, 0.1) is 18.0 Å². The summed E-state index contributed by atoms with van der Waals surface area (Å²) >= 11 is 6.13. The SMILES string of the molecule is CC(C)(C)C(=O)O[C@@H]1C[C@@H](C(O)(c2ccccc2)c2ccccc2)N(C(=O)c2cc(Cl)ccn2)C1. The summed E-state index contributed by atoms with van der Waals surface area (Å²) in [6.45, 7) is 5.47. The number of nitrogens with zero attached hydrogens (tertiary/aromatic N) is 2. The van der Waals surface area contributed by atoms with Gasteiger partial charge in [0.25, 0.3) is 5.91 Å². The second-order valence-electron chi connectivity index (χ2n) is 9.84. The van der Waals surface area contributed by atoms with E-state index in [-0.39, 0.29) is 24.6 Å². The molecule has 1 aliphatic rings. The standard InChI is InChI=1S/C28H29ClN2O4/c1-27(2,3)26(33)35-22-17-24(31(18-22)25(32)23-16-21(29)14-15-30-23)28(34,19-10-6-4-7-11-19)20-12-8-5-9-13-20/h4-16,22,24,34H,17-18H2,1-3H3/t22-,24+/m1/s1. The van der Waals surface area contributed by atoms with E-state index in [0.717, 1.165) is 0 Å². The lowest BCUT2D eigenvalue weighted by Gasteiger charge is -2.39. The zero-order chi connectivity index (χ0) is 25.2. The molecule has 0 bridgehead atoms. The van der Waals surface area contributed by atoms with Crippen LogP contribution in [-0.2, 0) is 15.1 Å². The Bertz CT molecular complexity index is 1150. The molecule has 1 amide bonds. The van der Waals surface area contributed by atoms with Crippen LogP contribution in [-0.4, -0.2) is 45.6 Å². The third-order valence-electron chi connectivity index (χ3n) is 6.26. The second-order valence-corrected chi connectivity index (χ2v) is 10.3. The molecule has 0 unspecified atom stereocenters. The van der Waals surface area contributed by atoms with Crippen LogP contribution in [0.2, 0.25) is 5.02 Å². The fraction of sp³-hybridized carbons (Fsp3) is 0.321. The number of carbonyl (C=O) groups excluding carboxylic acids is 2. The van der Waals surface area contributed by atoms with Crippen molar-refractivity contribution in [1.82, 2.24) is 9.88 Å². The number of ether oxygens (including phenoxy) is 1. The van der Waals surface area contributed by atoms with E-state index in [1.165, 1.54) is 12.3 Å². The summed E-state index contributed by atoms with van der Waals surface area (Å²) in [5.74, 6) is -0.753. The molecule has 1 aliphatic heterocycles. The number of likely N-dealkylation sites (tertiary alicyclic amines) is 1. The quantitative estimate of drug-likeness (QED) is 0.515. The molecule has 35 heavy (non-hydrogen) atoms. The van der Waals surface area contributed by atoms with Crippen molar-refractivity contribution in [3.05, 3.63) is 101 Å². The number of halogens is 1. The van der Waals surface area contributed by atoms with E-state index in [0.29, 0.717) is 16.1 Å². The van der Waals surface area contributed by atoms with Crippen molar-refractivity contribution in [2.45, 2.75) is 44.9 Å². The van der Waals surface area contributed by atoms with Gasteiger partial charge in [-0.05, 0) is 44.0 Å². The Morgan fingerprint density at radius 1 is 1.00 bits per heavy atom. The highest BCUT2D eigenvalue weighted by Gasteiger charge is 2.51. The molecule has 6 nitrogen and oxygen atoms in total. The van der Waals surface area contributed by atoms with Gasteiger partial charge in [-0.1, -0.05) is 72.3 Å². The Kier molecular flexibility index (Phi) is 6.97. The molecule has 0 spiro atoms. The van der Waals surface area contributed by atoms with Crippen LogP contribution in [0.1, 0.15) is 48.8 Å². The highest BCUT2D eigenvalue weighted by Crippen LogP contribution is 2.41. The van der Waals surface area contributed by atoms with Crippen molar-refractivity contribution >= 4 is 23.5 Å². The zero-order valence-corrected chi connectivity index (χ0v) is 20.8. The third-order valence-corrected chi connectivity index (χ3v) is 6.50. The number of hydrogen-bond donors (Lipinski definition) is 1. The Morgan fingerprint density at radius 2 is 1.57 bits per heavy atom. The summed E-state index contributed by atoms with van der Waals surface area (Å²) in [5, 5.41) is 12.8. The molecule has 1 fully saturated rings. The van der Waals surface area contributed by atoms with Gasteiger partial charge in [0, 0.05) is 17.6 Å². The van der Waals surface area contributed by atoms with E-state index in [1.54, 1.807) is 31.7 Å². The Hall–Kier alpha value is -3.22. The van der Waals surface area contributed by atoms with E-state index in [2.05, 4.69) is 4.98 Å². The van der Waals surface area contributed by atoms with Crippen molar-refractivity contribution in [3.63, 3.8) is 0 Å².